The summed E-state index contributed by atoms with van der Waals surface area (Å²) in [4.78, 5) is 11.3. The molecule has 0 amide bonds. The minimum Gasteiger partial charge on any atom is -0.309 e. The van der Waals surface area contributed by atoms with Gasteiger partial charge >= 0.3 is 0 Å². The molecule has 1 fully saturated rings. The number of nitriles is 1. The molecule has 0 radical (unpaired) electrons. The van der Waals surface area contributed by atoms with E-state index in [1.807, 2.05) is 12.1 Å². The lowest BCUT2D eigenvalue weighted by atomic mass is 9.96. The van der Waals surface area contributed by atoms with E-state index in [4.69, 9.17) is 5.26 Å². The molecule has 3 heteroatoms. The Morgan fingerprint density at radius 2 is 2.07 bits per heavy atom. The molecule has 3 nitrogen and oxygen atoms in total. The number of carbonyl (C=O) groups excluding carboxylic acids is 1. The fourth-order valence-electron chi connectivity index (χ4n) is 1.81. The van der Waals surface area contributed by atoms with Crippen molar-refractivity contribution in [3.8, 4) is 6.07 Å². The number of benzene rings is 1. The molecular formula is C12H12N2O. The molecule has 1 aromatic carbocycles. The largest absolute Gasteiger partial charge is 0.309 e. The van der Waals surface area contributed by atoms with Crippen LogP contribution in [-0.4, -0.2) is 12.3 Å². The van der Waals surface area contributed by atoms with Crippen molar-refractivity contribution in [1.82, 2.24) is 5.32 Å². The van der Waals surface area contributed by atoms with Gasteiger partial charge in [0.1, 0.15) is 5.78 Å². The molecule has 0 spiro atoms. The van der Waals surface area contributed by atoms with Gasteiger partial charge in [-0.3, -0.25) is 4.79 Å². The summed E-state index contributed by atoms with van der Waals surface area (Å²) < 4.78 is 0. The second-order valence-corrected chi connectivity index (χ2v) is 3.73. The Labute approximate surface area is 88.7 Å². The van der Waals surface area contributed by atoms with Crippen molar-refractivity contribution >= 4 is 5.78 Å². The van der Waals surface area contributed by atoms with Gasteiger partial charge in [0, 0.05) is 25.4 Å². The summed E-state index contributed by atoms with van der Waals surface area (Å²) in [5.74, 6) is 0.308. The molecule has 1 saturated heterocycles. The average molecular weight is 200 g/mol. The fourth-order valence-corrected chi connectivity index (χ4v) is 1.81. The smallest absolute Gasteiger partial charge is 0.136 e. The van der Waals surface area contributed by atoms with Gasteiger partial charge in [-0.25, -0.2) is 0 Å². The molecule has 1 heterocycles. The number of hydrogen-bond donors (Lipinski definition) is 1. The SMILES string of the molecule is N#Cc1ccc(C2CC(=O)CCN2)cc1. The highest BCUT2D eigenvalue weighted by Gasteiger charge is 2.19. The van der Waals surface area contributed by atoms with Crippen LogP contribution in [0.3, 0.4) is 0 Å². The van der Waals surface area contributed by atoms with E-state index in [0.29, 0.717) is 24.2 Å². The van der Waals surface area contributed by atoms with Gasteiger partial charge in [-0.1, -0.05) is 12.1 Å². The molecule has 0 saturated carbocycles. The highest BCUT2D eigenvalue weighted by atomic mass is 16.1. The Bertz CT molecular complexity index is 403. The van der Waals surface area contributed by atoms with Crippen molar-refractivity contribution in [3.05, 3.63) is 35.4 Å². The van der Waals surface area contributed by atoms with Crippen LogP contribution in [0, 0.1) is 11.3 Å². The van der Waals surface area contributed by atoms with Gasteiger partial charge in [0.25, 0.3) is 0 Å². The predicted octanol–water partition coefficient (Wildman–Crippen LogP) is 1.55. The van der Waals surface area contributed by atoms with Gasteiger partial charge in [0.2, 0.25) is 0 Å². The van der Waals surface area contributed by atoms with E-state index in [2.05, 4.69) is 11.4 Å². The van der Waals surface area contributed by atoms with Gasteiger partial charge in [-0.15, -0.1) is 0 Å². The molecule has 1 aromatic rings. The van der Waals surface area contributed by atoms with Gasteiger partial charge in [0.15, 0.2) is 0 Å². The molecule has 76 valence electrons. The first-order valence-corrected chi connectivity index (χ1v) is 5.05. The highest BCUT2D eigenvalue weighted by Crippen LogP contribution is 2.21. The van der Waals surface area contributed by atoms with Crippen LogP contribution in [0.5, 0.6) is 0 Å². The van der Waals surface area contributed by atoms with Gasteiger partial charge in [0.05, 0.1) is 11.6 Å². The van der Waals surface area contributed by atoms with E-state index in [-0.39, 0.29) is 6.04 Å². The summed E-state index contributed by atoms with van der Waals surface area (Å²) in [6, 6.07) is 9.60. The third kappa shape index (κ3) is 2.23. The minimum atomic E-state index is 0.124. The number of hydrogen-bond acceptors (Lipinski definition) is 3. The summed E-state index contributed by atoms with van der Waals surface area (Å²) in [5, 5.41) is 12.0. The molecule has 2 rings (SSSR count). The molecule has 1 unspecified atom stereocenters. The van der Waals surface area contributed by atoms with Crippen molar-refractivity contribution in [2.75, 3.05) is 6.54 Å². The Balaban J connectivity index is 2.15. The van der Waals surface area contributed by atoms with Crippen LogP contribution in [0.15, 0.2) is 24.3 Å². The van der Waals surface area contributed by atoms with Crippen molar-refractivity contribution < 1.29 is 4.79 Å². The first kappa shape index (κ1) is 9.88. The lowest BCUT2D eigenvalue weighted by Gasteiger charge is -2.22. The topological polar surface area (TPSA) is 52.9 Å². The van der Waals surface area contributed by atoms with E-state index in [1.165, 1.54) is 0 Å². The van der Waals surface area contributed by atoms with Crippen LogP contribution >= 0.6 is 0 Å². The first-order chi connectivity index (χ1) is 7.29. The molecule has 1 atom stereocenters. The average Bonchev–Trinajstić information content (AvgIpc) is 2.29. The van der Waals surface area contributed by atoms with Crippen LogP contribution in [0.1, 0.15) is 30.0 Å². The number of nitrogens with zero attached hydrogens (tertiary/aromatic N) is 1. The van der Waals surface area contributed by atoms with Crippen LogP contribution in [0.25, 0.3) is 0 Å². The number of ketones is 1. The number of Topliss-reactive ketones (excluding diaryl/α,β-unsaturated/α-hetero) is 1. The third-order valence-corrected chi connectivity index (χ3v) is 2.67. The Morgan fingerprint density at radius 1 is 1.33 bits per heavy atom. The molecule has 0 aliphatic carbocycles. The number of nitrogens with one attached hydrogen (secondary N) is 1. The maximum atomic E-state index is 11.3. The van der Waals surface area contributed by atoms with Crippen molar-refractivity contribution in [1.29, 1.82) is 5.26 Å². The van der Waals surface area contributed by atoms with Gasteiger partial charge in [-0.2, -0.15) is 5.26 Å². The van der Waals surface area contributed by atoms with Gasteiger partial charge in [-0.05, 0) is 17.7 Å². The molecular weight excluding hydrogens is 188 g/mol. The molecule has 0 bridgehead atoms. The van der Waals surface area contributed by atoms with Gasteiger partial charge < -0.3 is 5.32 Å². The summed E-state index contributed by atoms with van der Waals surface area (Å²) in [6.07, 6.45) is 1.19. The molecule has 1 aliphatic rings. The zero-order valence-corrected chi connectivity index (χ0v) is 8.36. The van der Waals surface area contributed by atoms with E-state index < -0.39 is 0 Å². The van der Waals surface area contributed by atoms with E-state index >= 15 is 0 Å². The first-order valence-electron chi connectivity index (χ1n) is 5.05. The molecule has 15 heavy (non-hydrogen) atoms. The van der Waals surface area contributed by atoms with Crippen molar-refractivity contribution in [2.24, 2.45) is 0 Å². The molecule has 1 N–H and O–H groups in total. The summed E-state index contributed by atoms with van der Waals surface area (Å²) >= 11 is 0. The summed E-state index contributed by atoms with van der Waals surface area (Å²) in [7, 11) is 0. The van der Waals surface area contributed by atoms with E-state index in [9.17, 15) is 4.79 Å². The normalized spacial score (nSPS) is 21.0. The quantitative estimate of drug-likeness (QED) is 0.748. The fraction of sp³-hybridized carbons (Fsp3) is 0.333. The second-order valence-electron chi connectivity index (χ2n) is 3.73. The Kier molecular flexibility index (Phi) is 2.79. The number of carbonyl (C=O) groups is 1. The zero-order chi connectivity index (χ0) is 10.7. The maximum Gasteiger partial charge on any atom is 0.136 e. The minimum absolute atomic E-state index is 0.124. The van der Waals surface area contributed by atoms with E-state index in [1.54, 1.807) is 12.1 Å². The monoisotopic (exact) mass is 200 g/mol. The summed E-state index contributed by atoms with van der Waals surface area (Å²) in [6.45, 7) is 0.753. The zero-order valence-electron chi connectivity index (χ0n) is 8.36. The molecule has 1 aliphatic heterocycles. The lowest BCUT2D eigenvalue weighted by Crippen LogP contribution is -2.31. The van der Waals surface area contributed by atoms with E-state index in [0.717, 1.165) is 12.1 Å². The lowest BCUT2D eigenvalue weighted by molar-refractivity contribution is -0.120. The predicted molar refractivity (Wildman–Crippen MR) is 56.1 cm³/mol. The summed E-state index contributed by atoms with van der Waals surface area (Å²) in [5.41, 5.74) is 1.74. The third-order valence-electron chi connectivity index (χ3n) is 2.67. The number of rotatable bonds is 1. The van der Waals surface area contributed by atoms with Crippen LogP contribution in [0.2, 0.25) is 0 Å². The van der Waals surface area contributed by atoms with Crippen LogP contribution < -0.4 is 5.32 Å². The van der Waals surface area contributed by atoms with Crippen molar-refractivity contribution in [2.45, 2.75) is 18.9 Å². The Morgan fingerprint density at radius 3 is 2.67 bits per heavy atom. The molecule has 0 aromatic heterocycles. The van der Waals surface area contributed by atoms with Crippen LogP contribution in [-0.2, 0) is 4.79 Å². The standard InChI is InChI=1S/C12H12N2O/c13-8-9-1-3-10(4-2-9)12-7-11(15)5-6-14-12/h1-4,12,14H,5-7H2. The number of piperidine rings is 1. The van der Waals surface area contributed by atoms with Crippen molar-refractivity contribution in [3.63, 3.8) is 0 Å². The Hall–Kier alpha value is -1.66. The highest BCUT2D eigenvalue weighted by molar-refractivity contribution is 5.80. The second kappa shape index (κ2) is 4.24. The maximum absolute atomic E-state index is 11.3. The van der Waals surface area contributed by atoms with Crippen LogP contribution in [0.4, 0.5) is 0 Å².